The van der Waals surface area contributed by atoms with E-state index in [2.05, 4.69) is 10.6 Å². The molecular weight excluding hydrogens is 240 g/mol. The van der Waals surface area contributed by atoms with E-state index in [4.69, 9.17) is 5.11 Å². The lowest BCUT2D eigenvalue weighted by molar-refractivity contribution is -0.135. The molecule has 1 aromatic rings. The smallest absolute Gasteiger partial charge is 0.317 e. The highest BCUT2D eigenvalue weighted by Crippen LogP contribution is 2.24. The number of anilines is 1. The number of benzene rings is 1. The number of aliphatic carboxylic acids is 1. The molecular formula is C11H14N2O3S. The lowest BCUT2D eigenvalue weighted by atomic mass is 10.3. The molecule has 0 saturated heterocycles. The monoisotopic (exact) mass is 254 g/mol. The number of carboxylic acids is 1. The van der Waals surface area contributed by atoms with Crippen molar-refractivity contribution < 1.29 is 14.7 Å². The fourth-order valence-corrected chi connectivity index (χ4v) is 1.78. The molecule has 6 heteroatoms. The van der Waals surface area contributed by atoms with Gasteiger partial charge < -0.3 is 10.4 Å². The molecule has 5 nitrogen and oxygen atoms in total. The predicted octanol–water partition coefficient (Wildman–Crippen LogP) is 1.02. The van der Waals surface area contributed by atoms with Gasteiger partial charge in [0.15, 0.2) is 0 Å². The highest BCUT2D eigenvalue weighted by Gasteiger charge is 2.06. The van der Waals surface area contributed by atoms with Gasteiger partial charge in [-0.1, -0.05) is 12.1 Å². The van der Waals surface area contributed by atoms with Gasteiger partial charge in [-0.3, -0.25) is 14.9 Å². The Balaban J connectivity index is 2.47. The Morgan fingerprint density at radius 3 is 2.65 bits per heavy atom. The van der Waals surface area contributed by atoms with Crippen LogP contribution in [0.4, 0.5) is 5.69 Å². The number of hydrogen-bond donors (Lipinski definition) is 3. The van der Waals surface area contributed by atoms with Crippen molar-refractivity contribution in [1.29, 1.82) is 0 Å². The summed E-state index contributed by atoms with van der Waals surface area (Å²) in [4.78, 5) is 22.7. The molecule has 0 saturated carbocycles. The van der Waals surface area contributed by atoms with E-state index in [1.54, 1.807) is 6.07 Å². The summed E-state index contributed by atoms with van der Waals surface area (Å²) >= 11 is 1.54. The van der Waals surface area contributed by atoms with Gasteiger partial charge in [0.2, 0.25) is 5.91 Å². The maximum absolute atomic E-state index is 11.5. The van der Waals surface area contributed by atoms with Crippen LogP contribution in [-0.2, 0) is 9.59 Å². The minimum absolute atomic E-state index is 0.0188. The van der Waals surface area contributed by atoms with Crippen LogP contribution in [0.15, 0.2) is 29.2 Å². The van der Waals surface area contributed by atoms with Gasteiger partial charge in [0.05, 0.1) is 18.8 Å². The van der Waals surface area contributed by atoms with Gasteiger partial charge in [-0.15, -0.1) is 11.8 Å². The van der Waals surface area contributed by atoms with Crippen molar-refractivity contribution in [1.82, 2.24) is 5.32 Å². The number of carbonyl (C=O) groups excluding carboxylic acids is 1. The van der Waals surface area contributed by atoms with Crippen LogP contribution in [-0.4, -0.2) is 36.3 Å². The first-order chi connectivity index (χ1) is 8.13. The third-order valence-corrected chi connectivity index (χ3v) is 2.74. The molecule has 1 rings (SSSR count). The van der Waals surface area contributed by atoms with E-state index >= 15 is 0 Å². The minimum Gasteiger partial charge on any atom is -0.480 e. The van der Waals surface area contributed by atoms with E-state index in [-0.39, 0.29) is 19.0 Å². The number of nitrogens with one attached hydrogen (secondary N) is 2. The Labute approximate surface area is 104 Å². The third kappa shape index (κ3) is 4.88. The molecule has 1 amide bonds. The van der Waals surface area contributed by atoms with Gasteiger partial charge >= 0.3 is 5.97 Å². The standard InChI is InChI=1S/C11H14N2O3S/c1-17-9-5-3-2-4-8(9)13-10(14)6-12-7-11(15)16/h2-5,12H,6-7H2,1H3,(H,13,14)(H,15,16). The maximum atomic E-state index is 11.5. The lowest BCUT2D eigenvalue weighted by Gasteiger charge is -2.09. The van der Waals surface area contributed by atoms with Crippen LogP contribution in [0.2, 0.25) is 0 Å². The minimum atomic E-state index is -0.984. The van der Waals surface area contributed by atoms with E-state index in [0.717, 1.165) is 10.6 Å². The van der Waals surface area contributed by atoms with Crippen molar-refractivity contribution in [3.05, 3.63) is 24.3 Å². The van der Waals surface area contributed by atoms with E-state index in [9.17, 15) is 9.59 Å². The van der Waals surface area contributed by atoms with Crippen molar-refractivity contribution in [2.75, 3.05) is 24.7 Å². The second kappa shape index (κ2) is 6.93. The molecule has 0 aromatic heterocycles. The second-order valence-electron chi connectivity index (χ2n) is 3.25. The molecule has 0 bridgehead atoms. The zero-order valence-electron chi connectivity index (χ0n) is 9.40. The van der Waals surface area contributed by atoms with Crippen LogP contribution in [0.25, 0.3) is 0 Å². The molecule has 0 spiro atoms. The van der Waals surface area contributed by atoms with E-state index < -0.39 is 5.97 Å². The summed E-state index contributed by atoms with van der Waals surface area (Å²) in [5, 5.41) is 13.6. The molecule has 0 aliphatic carbocycles. The van der Waals surface area contributed by atoms with Crippen molar-refractivity contribution in [2.24, 2.45) is 0 Å². The van der Waals surface area contributed by atoms with E-state index in [1.165, 1.54) is 11.8 Å². The van der Waals surface area contributed by atoms with Crippen LogP contribution >= 0.6 is 11.8 Å². The average Bonchev–Trinajstić information content (AvgIpc) is 2.29. The van der Waals surface area contributed by atoms with Crippen LogP contribution in [0.1, 0.15) is 0 Å². The summed E-state index contributed by atoms with van der Waals surface area (Å²) in [7, 11) is 0. The molecule has 0 unspecified atom stereocenters. The summed E-state index contributed by atoms with van der Waals surface area (Å²) in [6, 6.07) is 7.44. The Hall–Kier alpha value is -1.53. The summed E-state index contributed by atoms with van der Waals surface area (Å²) in [6.45, 7) is -0.243. The molecule has 0 aliphatic heterocycles. The van der Waals surface area contributed by atoms with Crippen molar-refractivity contribution >= 4 is 29.3 Å². The molecule has 0 atom stereocenters. The quantitative estimate of drug-likeness (QED) is 0.661. The predicted molar refractivity (Wildman–Crippen MR) is 67.4 cm³/mol. The Kier molecular flexibility index (Phi) is 5.51. The number of thioether (sulfide) groups is 1. The molecule has 1 aromatic carbocycles. The maximum Gasteiger partial charge on any atom is 0.317 e. The van der Waals surface area contributed by atoms with Gasteiger partial charge in [-0.25, -0.2) is 0 Å². The highest BCUT2D eigenvalue weighted by molar-refractivity contribution is 7.98. The Morgan fingerprint density at radius 2 is 2.00 bits per heavy atom. The van der Waals surface area contributed by atoms with Crippen LogP contribution in [0.3, 0.4) is 0 Å². The molecule has 0 aliphatic rings. The van der Waals surface area contributed by atoms with Gasteiger partial charge in [0, 0.05) is 4.90 Å². The normalized spacial score (nSPS) is 9.94. The average molecular weight is 254 g/mol. The summed E-state index contributed by atoms with van der Waals surface area (Å²) < 4.78 is 0. The van der Waals surface area contributed by atoms with Crippen LogP contribution in [0, 0.1) is 0 Å². The molecule has 17 heavy (non-hydrogen) atoms. The Morgan fingerprint density at radius 1 is 1.29 bits per heavy atom. The summed E-state index contributed by atoms with van der Waals surface area (Å²) in [5.74, 6) is -1.24. The fourth-order valence-electron chi connectivity index (χ4n) is 1.23. The van der Waals surface area contributed by atoms with Crippen LogP contribution < -0.4 is 10.6 Å². The summed E-state index contributed by atoms with van der Waals surface area (Å²) in [5.41, 5.74) is 0.738. The molecule has 0 fully saturated rings. The van der Waals surface area contributed by atoms with Gasteiger partial charge in [-0.05, 0) is 18.4 Å². The van der Waals surface area contributed by atoms with Gasteiger partial charge in [0.25, 0.3) is 0 Å². The van der Waals surface area contributed by atoms with Crippen LogP contribution in [0.5, 0.6) is 0 Å². The first-order valence-electron chi connectivity index (χ1n) is 4.99. The number of carbonyl (C=O) groups is 2. The molecule has 0 radical (unpaired) electrons. The number of para-hydroxylation sites is 1. The number of rotatable bonds is 6. The number of amides is 1. The summed E-state index contributed by atoms with van der Waals surface area (Å²) in [6.07, 6.45) is 1.92. The lowest BCUT2D eigenvalue weighted by Crippen LogP contribution is -2.31. The molecule has 92 valence electrons. The van der Waals surface area contributed by atoms with Crippen molar-refractivity contribution in [2.45, 2.75) is 4.90 Å². The van der Waals surface area contributed by atoms with E-state index in [0.29, 0.717) is 0 Å². The number of carboxylic acid groups (broad SMARTS) is 1. The van der Waals surface area contributed by atoms with Crippen molar-refractivity contribution in [3.63, 3.8) is 0 Å². The SMILES string of the molecule is CSc1ccccc1NC(=O)CNCC(=O)O. The van der Waals surface area contributed by atoms with Gasteiger partial charge in [-0.2, -0.15) is 0 Å². The fraction of sp³-hybridized carbons (Fsp3) is 0.273. The second-order valence-corrected chi connectivity index (χ2v) is 4.09. The first kappa shape index (κ1) is 13.5. The topological polar surface area (TPSA) is 78.4 Å². The Bertz CT molecular complexity index is 409. The van der Waals surface area contributed by atoms with E-state index in [1.807, 2.05) is 24.5 Å². The first-order valence-corrected chi connectivity index (χ1v) is 6.21. The zero-order valence-corrected chi connectivity index (χ0v) is 10.2. The van der Waals surface area contributed by atoms with Crippen molar-refractivity contribution in [3.8, 4) is 0 Å². The zero-order chi connectivity index (χ0) is 12.7. The third-order valence-electron chi connectivity index (χ3n) is 1.94. The largest absolute Gasteiger partial charge is 0.480 e. The molecule has 0 heterocycles. The molecule has 3 N–H and O–H groups in total. The number of hydrogen-bond acceptors (Lipinski definition) is 4. The van der Waals surface area contributed by atoms with Gasteiger partial charge in [0.1, 0.15) is 0 Å². The highest BCUT2D eigenvalue weighted by atomic mass is 32.2.